The number of nitrogens with zero attached hydrogens (tertiary/aromatic N) is 1. The van der Waals surface area contributed by atoms with Gasteiger partial charge in [0, 0.05) is 12.1 Å². The minimum atomic E-state index is -0.237. The first-order valence-electron chi connectivity index (χ1n) is 3.32. The van der Waals surface area contributed by atoms with Crippen LogP contribution in [0, 0.1) is 0 Å². The maximum atomic E-state index is 10.6. The summed E-state index contributed by atoms with van der Waals surface area (Å²) in [5, 5.41) is 0. The van der Waals surface area contributed by atoms with Crippen LogP contribution in [-0.2, 0) is 0 Å². The smallest absolute Gasteiger partial charge is 0.315 e. The van der Waals surface area contributed by atoms with Crippen LogP contribution in [0.3, 0.4) is 0 Å². The molecular weight excluding hydrogens is 116 g/mol. The molecule has 1 saturated carbocycles. The number of hydrogen-bond donors (Lipinski definition) is 1. The number of amides is 2. The first kappa shape index (κ1) is 5.09. The van der Waals surface area contributed by atoms with Crippen molar-refractivity contribution >= 4 is 6.03 Å². The van der Waals surface area contributed by atoms with Gasteiger partial charge < -0.3 is 10.6 Å². The predicted molar refractivity (Wildman–Crippen MR) is 32.9 cm³/mol. The highest BCUT2D eigenvalue weighted by molar-refractivity contribution is 5.74. The van der Waals surface area contributed by atoms with E-state index in [9.17, 15) is 4.79 Å². The second kappa shape index (κ2) is 1.23. The monoisotopic (exact) mass is 126 g/mol. The summed E-state index contributed by atoms with van der Waals surface area (Å²) in [5.74, 6) is 0. The third-order valence-electron chi connectivity index (χ3n) is 2.47. The lowest BCUT2D eigenvalue weighted by Gasteiger charge is -2.40. The normalized spacial score (nSPS) is 27.8. The summed E-state index contributed by atoms with van der Waals surface area (Å²) in [5.41, 5.74) is 5.37. The van der Waals surface area contributed by atoms with Gasteiger partial charge >= 0.3 is 6.03 Å². The van der Waals surface area contributed by atoms with Gasteiger partial charge in [-0.1, -0.05) is 0 Å². The lowest BCUT2D eigenvalue weighted by atomic mass is 10.0. The van der Waals surface area contributed by atoms with Gasteiger partial charge in [0.1, 0.15) is 0 Å². The minimum absolute atomic E-state index is 0.237. The van der Waals surface area contributed by atoms with E-state index in [0.717, 1.165) is 6.54 Å². The van der Waals surface area contributed by atoms with Crippen molar-refractivity contribution in [2.24, 2.45) is 5.73 Å². The van der Waals surface area contributed by atoms with Gasteiger partial charge in [0.2, 0.25) is 0 Å². The number of hydrogen-bond acceptors (Lipinski definition) is 1. The summed E-state index contributed by atoms with van der Waals surface area (Å²) in [6.07, 6.45) is 3.53. The zero-order valence-electron chi connectivity index (χ0n) is 5.26. The molecule has 3 heteroatoms. The second-order valence-electron chi connectivity index (χ2n) is 2.96. The van der Waals surface area contributed by atoms with E-state index in [2.05, 4.69) is 0 Å². The van der Waals surface area contributed by atoms with E-state index in [4.69, 9.17) is 5.73 Å². The van der Waals surface area contributed by atoms with Crippen LogP contribution in [0.5, 0.6) is 0 Å². The van der Waals surface area contributed by atoms with Crippen molar-refractivity contribution in [1.82, 2.24) is 4.90 Å². The molecule has 2 N–H and O–H groups in total. The summed E-state index contributed by atoms with van der Waals surface area (Å²) in [7, 11) is 0. The fourth-order valence-corrected chi connectivity index (χ4v) is 1.55. The van der Waals surface area contributed by atoms with E-state index in [1.165, 1.54) is 19.3 Å². The number of nitrogens with two attached hydrogens (primary N) is 1. The highest BCUT2D eigenvalue weighted by Crippen LogP contribution is 2.50. The van der Waals surface area contributed by atoms with Crippen LogP contribution in [-0.4, -0.2) is 23.0 Å². The molecule has 2 aliphatic rings. The molecule has 0 unspecified atom stereocenters. The number of likely N-dealkylation sites (tertiary alicyclic amines) is 1. The van der Waals surface area contributed by atoms with E-state index in [0.29, 0.717) is 0 Å². The molecule has 1 saturated heterocycles. The second-order valence-corrected chi connectivity index (χ2v) is 2.96. The van der Waals surface area contributed by atoms with Crippen molar-refractivity contribution < 1.29 is 4.79 Å². The summed E-state index contributed by atoms with van der Waals surface area (Å²) < 4.78 is 0. The van der Waals surface area contributed by atoms with Crippen LogP contribution < -0.4 is 5.73 Å². The molecule has 0 atom stereocenters. The number of rotatable bonds is 0. The van der Waals surface area contributed by atoms with Crippen molar-refractivity contribution in [2.45, 2.75) is 24.8 Å². The number of carbonyl (C=O) groups excluding carboxylic acids is 1. The Bertz CT molecular complexity index is 162. The van der Waals surface area contributed by atoms with Crippen molar-refractivity contribution in [3.8, 4) is 0 Å². The van der Waals surface area contributed by atoms with Crippen molar-refractivity contribution in [3.63, 3.8) is 0 Å². The molecular formula is C6H10N2O. The van der Waals surface area contributed by atoms with Gasteiger partial charge in [-0.15, -0.1) is 0 Å². The standard InChI is InChI=1S/C6H10N2O/c7-5(9)8-4-3-6(8)1-2-6/h1-4H2,(H2,7,9). The Morgan fingerprint density at radius 3 is 2.22 bits per heavy atom. The first-order chi connectivity index (χ1) is 4.25. The topological polar surface area (TPSA) is 46.3 Å². The summed E-state index contributed by atoms with van der Waals surface area (Å²) in [6, 6.07) is -0.237. The van der Waals surface area contributed by atoms with E-state index < -0.39 is 0 Å². The van der Waals surface area contributed by atoms with Crippen LogP contribution in [0.15, 0.2) is 0 Å². The molecule has 1 aliphatic heterocycles. The Morgan fingerprint density at radius 1 is 1.44 bits per heavy atom. The van der Waals surface area contributed by atoms with Crippen LogP contribution in [0.25, 0.3) is 0 Å². The van der Waals surface area contributed by atoms with Crippen LogP contribution in [0.1, 0.15) is 19.3 Å². The molecule has 3 nitrogen and oxygen atoms in total. The molecule has 0 bridgehead atoms. The summed E-state index contributed by atoms with van der Waals surface area (Å²) in [6.45, 7) is 0.884. The maximum absolute atomic E-state index is 10.6. The lowest BCUT2D eigenvalue weighted by molar-refractivity contribution is 0.106. The molecule has 2 fully saturated rings. The Balaban J connectivity index is 2.07. The molecule has 0 aromatic heterocycles. The van der Waals surface area contributed by atoms with E-state index >= 15 is 0 Å². The Hall–Kier alpha value is -0.730. The zero-order chi connectivity index (χ0) is 6.48. The van der Waals surface area contributed by atoms with Gasteiger partial charge in [0.25, 0.3) is 0 Å². The highest BCUT2D eigenvalue weighted by atomic mass is 16.2. The van der Waals surface area contributed by atoms with Gasteiger partial charge in [-0.05, 0) is 19.3 Å². The Kier molecular flexibility index (Phi) is 0.693. The fraction of sp³-hybridized carbons (Fsp3) is 0.833. The molecule has 2 amide bonds. The zero-order valence-corrected chi connectivity index (χ0v) is 5.26. The predicted octanol–water partition coefficient (Wildman–Crippen LogP) is 0.303. The van der Waals surface area contributed by atoms with Gasteiger partial charge in [0.05, 0.1) is 0 Å². The molecule has 1 heterocycles. The van der Waals surface area contributed by atoms with Crippen molar-refractivity contribution in [1.29, 1.82) is 0 Å². The Labute approximate surface area is 53.8 Å². The van der Waals surface area contributed by atoms with Gasteiger partial charge in [0.15, 0.2) is 0 Å². The summed E-state index contributed by atoms with van der Waals surface area (Å²) >= 11 is 0. The molecule has 2 rings (SSSR count). The largest absolute Gasteiger partial charge is 0.351 e. The molecule has 0 radical (unpaired) electrons. The molecule has 50 valence electrons. The average molecular weight is 126 g/mol. The van der Waals surface area contributed by atoms with E-state index in [-0.39, 0.29) is 11.6 Å². The summed E-state index contributed by atoms with van der Waals surface area (Å²) in [4.78, 5) is 12.4. The SMILES string of the molecule is NC(=O)N1CCC12CC2. The van der Waals surface area contributed by atoms with Crippen molar-refractivity contribution in [2.75, 3.05) is 6.54 Å². The quantitative estimate of drug-likeness (QED) is 0.498. The third kappa shape index (κ3) is 0.491. The van der Waals surface area contributed by atoms with E-state index in [1.807, 2.05) is 0 Å². The number of urea groups is 1. The highest BCUT2D eigenvalue weighted by Gasteiger charge is 2.55. The van der Waals surface area contributed by atoms with Crippen LogP contribution >= 0.6 is 0 Å². The first-order valence-corrected chi connectivity index (χ1v) is 3.32. The number of carbonyl (C=O) groups is 1. The van der Waals surface area contributed by atoms with E-state index in [1.54, 1.807) is 4.90 Å². The van der Waals surface area contributed by atoms with Crippen molar-refractivity contribution in [3.05, 3.63) is 0 Å². The Morgan fingerprint density at radius 2 is 2.11 bits per heavy atom. The molecule has 0 aromatic rings. The van der Waals surface area contributed by atoms with Gasteiger partial charge in [-0.3, -0.25) is 0 Å². The minimum Gasteiger partial charge on any atom is -0.351 e. The molecule has 9 heavy (non-hydrogen) atoms. The number of primary amides is 1. The molecule has 0 aromatic carbocycles. The van der Waals surface area contributed by atoms with Gasteiger partial charge in [-0.25, -0.2) is 4.79 Å². The van der Waals surface area contributed by atoms with Crippen LogP contribution in [0.4, 0.5) is 4.79 Å². The van der Waals surface area contributed by atoms with Gasteiger partial charge in [-0.2, -0.15) is 0 Å². The fourth-order valence-electron chi connectivity index (χ4n) is 1.55. The molecule has 1 spiro atoms. The average Bonchev–Trinajstić information content (AvgIpc) is 2.37. The maximum Gasteiger partial charge on any atom is 0.315 e. The third-order valence-corrected chi connectivity index (χ3v) is 2.47. The lowest BCUT2D eigenvalue weighted by Crippen LogP contribution is -2.55. The van der Waals surface area contributed by atoms with Crippen LogP contribution in [0.2, 0.25) is 0 Å². The molecule has 1 aliphatic carbocycles.